The summed E-state index contributed by atoms with van der Waals surface area (Å²) >= 11 is 0. The Hall–Kier alpha value is -1.83. The fourth-order valence-electron chi connectivity index (χ4n) is 2.63. The zero-order valence-electron chi connectivity index (χ0n) is 12.4. The number of rotatable bonds is 2. The van der Waals surface area contributed by atoms with Gasteiger partial charge in [0.25, 0.3) is 0 Å². The van der Waals surface area contributed by atoms with Gasteiger partial charge in [-0.25, -0.2) is 0 Å². The highest BCUT2D eigenvalue weighted by molar-refractivity contribution is 5.89. The van der Waals surface area contributed by atoms with Crippen LogP contribution < -0.4 is 5.32 Å². The van der Waals surface area contributed by atoms with Crippen LogP contribution in [0.15, 0.2) is 42.5 Å². The molecule has 0 unspecified atom stereocenters. The Labute approximate surface area is 120 Å². The molecule has 0 heterocycles. The fraction of sp³-hybridized carbons (Fsp3) is 0.389. The van der Waals surface area contributed by atoms with Crippen molar-refractivity contribution in [2.24, 2.45) is 5.41 Å². The van der Waals surface area contributed by atoms with Gasteiger partial charge in [0.2, 0.25) is 5.91 Å². The van der Waals surface area contributed by atoms with Crippen LogP contribution in [0.1, 0.15) is 39.2 Å². The van der Waals surface area contributed by atoms with Crippen molar-refractivity contribution >= 4 is 16.7 Å². The number of hydrogen-bond donors (Lipinski definition) is 1. The molecular weight excluding hydrogens is 246 g/mol. The van der Waals surface area contributed by atoms with E-state index in [1.54, 1.807) is 0 Å². The molecule has 0 spiro atoms. The first kappa shape index (κ1) is 13.2. The average Bonchev–Trinajstić information content (AvgIpc) is 3.18. The van der Waals surface area contributed by atoms with Gasteiger partial charge in [0, 0.05) is 5.41 Å². The molecule has 0 radical (unpaired) electrons. The number of benzene rings is 2. The van der Waals surface area contributed by atoms with E-state index >= 15 is 0 Å². The molecule has 0 atom stereocenters. The molecule has 1 saturated carbocycles. The predicted octanol–water partition coefficient (Wildman–Crippen LogP) is 3.99. The Kier molecular flexibility index (Phi) is 2.86. The van der Waals surface area contributed by atoms with Crippen molar-refractivity contribution < 1.29 is 4.79 Å². The highest BCUT2D eigenvalue weighted by Crippen LogP contribution is 2.48. The average molecular weight is 267 g/mol. The molecule has 2 nitrogen and oxygen atoms in total. The minimum absolute atomic E-state index is 0.128. The smallest absolute Gasteiger partial charge is 0.226 e. The molecule has 104 valence electrons. The lowest BCUT2D eigenvalue weighted by Crippen LogP contribution is -2.41. The van der Waals surface area contributed by atoms with Crippen molar-refractivity contribution in [3.05, 3.63) is 48.0 Å². The minimum Gasteiger partial charge on any atom is -0.346 e. The van der Waals surface area contributed by atoms with Gasteiger partial charge in [-0.1, -0.05) is 63.2 Å². The molecule has 0 bridgehead atoms. The Bertz CT molecular complexity index is 657. The Morgan fingerprint density at radius 2 is 1.70 bits per heavy atom. The SMILES string of the molecule is CC(C)(C)C(=O)NC1(c2cccc3ccccc23)CC1. The number of fused-ring (bicyclic) bond motifs is 1. The van der Waals surface area contributed by atoms with E-state index in [9.17, 15) is 4.79 Å². The van der Waals surface area contributed by atoms with E-state index in [0.717, 1.165) is 12.8 Å². The van der Waals surface area contributed by atoms with Crippen molar-refractivity contribution in [1.82, 2.24) is 5.32 Å². The number of hydrogen-bond acceptors (Lipinski definition) is 1. The summed E-state index contributed by atoms with van der Waals surface area (Å²) in [6.07, 6.45) is 2.06. The third-order valence-electron chi connectivity index (χ3n) is 4.09. The first-order valence-corrected chi connectivity index (χ1v) is 7.23. The van der Waals surface area contributed by atoms with Crippen LogP contribution in [-0.4, -0.2) is 5.91 Å². The molecule has 20 heavy (non-hydrogen) atoms. The van der Waals surface area contributed by atoms with Gasteiger partial charge in [-0.3, -0.25) is 4.79 Å². The Morgan fingerprint density at radius 1 is 1.05 bits per heavy atom. The van der Waals surface area contributed by atoms with Gasteiger partial charge in [-0.15, -0.1) is 0 Å². The van der Waals surface area contributed by atoms with Gasteiger partial charge in [-0.05, 0) is 29.2 Å². The maximum atomic E-state index is 12.3. The topological polar surface area (TPSA) is 29.1 Å². The van der Waals surface area contributed by atoms with E-state index in [-0.39, 0.29) is 16.9 Å². The minimum atomic E-state index is -0.347. The van der Waals surface area contributed by atoms with Gasteiger partial charge >= 0.3 is 0 Å². The molecule has 1 fully saturated rings. The normalized spacial score (nSPS) is 16.9. The lowest BCUT2D eigenvalue weighted by molar-refractivity contribution is -0.129. The van der Waals surface area contributed by atoms with Gasteiger partial charge in [0.1, 0.15) is 0 Å². The van der Waals surface area contributed by atoms with Crippen LogP contribution in [0.3, 0.4) is 0 Å². The van der Waals surface area contributed by atoms with Crippen LogP contribution in [0.5, 0.6) is 0 Å². The van der Waals surface area contributed by atoms with E-state index in [1.807, 2.05) is 20.8 Å². The first-order valence-electron chi connectivity index (χ1n) is 7.23. The highest BCUT2D eigenvalue weighted by atomic mass is 16.2. The van der Waals surface area contributed by atoms with Gasteiger partial charge < -0.3 is 5.32 Å². The third-order valence-corrected chi connectivity index (χ3v) is 4.09. The largest absolute Gasteiger partial charge is 0.346 e. The second kappa shape index (κ2) is 4.34. The molecule has 1 aliphatic rings. The Balaban J connectivity index is 2.01. The van der Waals surface area contributed by atoms with Gasteiger partial charge in [0.05, 0.1) is 5.54 Å². The lowest BCUT2D eigenvalue weighted by Gasteiger charge is -2.25. The zero-order valence-corrected chi connectivity index (χ0v) is 12.4. The number of carbonyl (C=O) groups is 1. The Morgan fingerprint density at radius 3 is 2.35 bits per heavy atom. The number of carbonyl (C=O) groups excluding carboxylic acids is 1. The van der Waals surface area contributed by atoms with Crippen LogP contribution in [0, 0.1) is 5.41 Å². The van der Waals surface area contributed by atoms with Crippen LogP contribution in [0.2, 0.25) is 0 Å². The molecule has 1 amide bonds. The van der Waals surface area contributed by atoms with Crippen molar-refractivity contribution in [2.75, 3.05) is 0 Å². The summed E-state index contributed by atoms with van der Waals surface area (Å²) in [4.78, 5) is 12.3. The van der Waals surface area contributed by atoms with Crippen molar-refractivity contribution in [2.45, 2.75) is 39.2 Å². The van der Waals surface area contributed by atoms with Crippen LogP contribution >= 0.6 is 0 Å². The molecule has 2 aromatic rings. The standard InChI is InChI=1S/C18H21NO/c1-17(2,3)16(20)19-18(11-12-18)15-10-6-8-13-7-4-5-9-14(13)15/h4-10H,11-12H2,1-3H3,(H,19,20). The van der Waals surface area contributed by atoms with E-state index < -0.39 is 0 Å². The van der Waals surface area contributed by atoms with Gasteiger partial charge in [0.15, 0.2) is 0 Å². The van der Waals surface area contributed by atoms with E-state index in [0.29, 0.717) is 0 Å². The van der Waals surface area contributed by atoms with Crippen molar-refractivity contribution in [3.8, 4) is 0 Å². The van der Waals surface area contributed by atoms with Crippen molar-refractivity contribution in [3.63, 3.8) is 0 Å². The van der Waals surface area contributed by atoms with Crippen LogP contribution in [-0.2, 0) is 10.3 Å². The molecule has 0 aliphatic heterocycles. The van der Waals surface area contributed by atoms with Crippen molar-refractivity contribution in [1.29, 1.82) is 0 Å². The summed E-state index contributed by atoms with van der Waals surface area (Å²) in [7, 11) is 0. The maximum Gasteiger partial charge on any atom is 0.226 e. The quantitative estimate of drug-likeness (QED) is 0.875. The summed E-state index contributed by atoms with van der Waals surface area (Å²) in [6, 6.07) is 14.8. The first-order chi connectivity index (χ1) is 9.42. The zero-order chi connectivity index (χ0) is 14.4. The molecule has 2 heteroatoms. The lowest BCUT2D eigenvalue weighted by atomic mass is 9.92. The molecular formula is C18H21NO. The molecule has 1 aliphatic carbocycles. The number of amides is 1. The molecule has 1 N–H and O–H groups in total. The van der Waals surface area contributed by atoms with Crippen LogP contribution in [0.4, 0.5) is 0 Å². The molecule has 2 aromatic carbocycles. The van der Waals surface area contributed by atoms with E-state index in [2.05, 4.69) is 47.8 Å². The molecule has 0 saturated heterocycles. The van der Waals surface area contributed by atoms with Crippen LogP contribution in [0.25, 0.3) is 10.8 Å². The highest BCUT2D eigenvalue weighted by Gasteiger charge is 2.47. The fourth-order valence-corrected chi connectivity index (χ4v) is 2.63. The summed E-state index contributed by atoms with van der Waals surface area (Å²) in [5.41, 5.74) is 0.763. The monoisotopic (exact) mass is 267 g/mol. The summed E-state index contributed by atoms with van der Waals surface area (Å²) in [6.45, 7) is 5.88. The second-order valence-electron chi connectivity index (χ2n) is 6.81. The summed E-state index contributed by atoms with van der Waals surface area (Å²) in [5, 5.41) is 5.77. The maximum absolute atomic E-state index is 12.3. The van der Waals surface area contributed by atoms with E-state index in [4.69, 9.17) is 0 Å². The van der Waals surface area contributed by atoms with Gasteiger partial charge in [-0.2, -0.15) is 0 Å². The molecule has 0 aromatic heterocycles. The second-order valence-corrected chi connectivity index (χ2v) is 6.81. The van der Waals surface area contributed by atoms with E-state index in [1.165, 1.54) is 16.3 Å². The summed E-state index contributed by atoms with van der Waals surface area (Å²) in [5.74, 6) is 0.128. The predicted molar refractivity (Wildman–Crippen MR) is 82.5 cm³/mol. The molecule has 3 rings (SSSR count). The number of nitrogens with one attached hydrogen (secondary N) is 1. The third kappa shape index (κ3) is 2.20. The summed E-state index contributed by atoms with van der Waals surface area (Å²) < 4.78 is 0.